The second-order valence-electron chi connectivity index (χ2n) is 10.0. The number of hydrogen-bond acceptors (Lipinski definition) is 4. The van der Waals surface area contributed by atoms with Gasteiger partial charge in [-0.3, -0.25) is 4.79 Å². The third kappa shape index (κ3) is 3.83. The van der Waals surface area contributed by atoms with Crippen molar-refractivity contribution in [2.24, 2.45) is 5.41 Å². The molecule has 1 aliphatic heterocycles. The van der Waals surface area contributed by atoms with E-state index in [1.165, 1.54) is 4.52 Å². The van der Waals surface area contributed by atoms with E-state index < -0.39 is 23.1 Å². The van der Waals surface area contributed by atoms with Crippen LogP contribution in [0.2, 0.25) is 0 Å². The van der Waals surface area contributed by atoms with E-state index in [0.717, 1.165) is 5.56 Å². The number of nitrogens with zero attached hydrogens (tertiary/aromatic N) is 4. The van der Waals surface area contributed by atoms with Gasteiger partial charge in [0.05, 0.1) is 5.41 Å². The predicted molar refractivity (Wildman–Crippen MR) is 115 cm³/mol. The summed E-state index contributed by atoms with van der Waals surface area (Å²) in [4.78, 5) is 18.4. The number of anilines is 1. The van der Waals surface area contributed by atoms with Crippen LogP contribution in [0.5, 0.6) is 0 Å². The van der Waals surface area contributed by atoms with Crippen LogP contribution < -0.4 is 4.90 Å². The number of piperidine rings is 1. The molecule has 0 unspecified atom stereocenters. The summed E-state index contributed by atoms with van der Waals surface area (Å²) in [5.41, 5.74) is 0.922. The Kier molecular flexibility index (Phi) is 5.66. The first kappa shape index (κ1) is 22.9. The number of halogens is 3. The maximum atomic E-state index is 15.5. The molecule has 1 atom stereocenters. The molecule has 0 spiro atoms. The molecule has 0 bridgehead atoms. The number of aliphatic carboxylic acids is 1. The minimum absolute atomic E-state index is 0.0593. The summed E-state index contributed by atoms with van der Waals surface area (Å²) in [6, 6.07) is 0. The second kappa shape index (κ2) is 7.92. The van der Waals surface area contributed by atoms with Gasteiger partial charge < -0.3 is 10.0 Å². The fourth-order valence-corrected chi connectivity index (χ4v) is 5.30. The van der Waals surface area contributed by atoms with E-state index in [4.69, 9.17) is 0 Å². The smallest absolute Gasteiger partial charge is 0.311 e. The Balaban J connectivity index is 1.85. The van der Waals surface area contributed by atoms with Gasteiger partial charge in [-0.15, -0.1) is 0 Å². The summed E-state index contributed by atoms with van der Waals surface area (Å²) in [6.07, 6.45) is 1.07. The molecule has 4 rings (SSSR count). The first-order valence-corrected chi connectivity index (χ1v) is 11.4. The van der Waals surface area contributed by atoms with Crippen LogP contribution in [0.1, 0.15) is 88.1 Å². The lowest BCUT2D eigenvalue weighted by atomic mass is 9.81. The Bertz CT molecular complexity index is 1040. The minimum atomic E-state index is -2.70. The number of fused-ring (bicyclic) bond motifs is 1. The fraction of sp³-hybridized carbons (Fsp3) is 0.696. The largest absolute Gasteiger partial charge is 0.481 e. The van der Waals surface area contributed by atoms with E-state index in [0.29, 0.717) is 30.9 Å². The Hall–Kier alpha value is -2.32. The maximum absolute atomic E-state index is 15.5. The van der Waals surface area contributed by atoms with Gasteiger partial charge in [0, 0.05) is 43.1 Å². The van der Waals surface area contributed by atoms with Crippen molar-refractivity contribution in [3.05, 3.63) is 22.8 Å². The molecule has 0 radical (unpaired) electrons. The summed E-state index contributed by atoms with van der Waals surface area (Å²) in [5.74, 6) is -3.77. The Labute approximate surface area is 185 Å². The number of aryl methyl sites for hydroxylation is 1. The molecule has 3 heterocycles. The SMILES string of the molecule is Cc1nc2c(F)c(C3CCC(F)(F)CC3)nn2c(N2CCC[C@@](C)(C(=O)O)C2)c1C(C)C. The quantitative estimate of drug-likeness (QED) is 0.683. The predicted octanol–water partition coefficient (Wildman–Crippen LogP) is 5.28. The summed E-state index contributed by atoms with van der Waals surface area (Å²) in [6.45, 7) is 8.51. The summed E-state index contributed by atoms with van der Waals surface area (Å²) in [5, 5.41) is 14.4. The Morgan fingerprint density at radius 1 is 1.22 bits per heavy atom. The zero-order valence-electron chi connectivity index (χ0n) is 19.1. The highest BCUT2D eigenvalue weighted by Crippen LogP contribution is 2.43. The summed E-state index contributed by atoms with van der Waals surface area (Å²) < 4.78 is 44.3. The van der Waals surface area contributed by atoms with Crippen LogP contribution in [0.4, 0.5) is 19.0 Å². The van der Waals surface area contributed by atoms with Crippen LogP contribution >= 0.6 is 0 Å². The van der Waals surface area contributed by atoms with Crippen molar-refractivity contribution in [2.75, 3.05) is 18.0 Å². The van der Waals surface area contributed by atoms with Gasteiger partial charge in [0.2, 0.25) is 5.92 Å². The lowest BCUT2D eigenvalue weighted by Crippen LogP contribution is -2.47. The van der Waals surface area contributed by atoms with Crippen molar-refractivity contribution < 1.29 is 23.1 Å². The lowest BCUT2D eigenvalue weighted by Gasteiger charge is -2.40. The summed E-state index contributed by atoms with van der Waals surface area (Å²) >= 11 is 0. The van der Waals surface area contributed by atoms with Crippen LogP contribution in [-0.4, -0.2) is 44.7 Å². The standard InChI is InChI=1S/C23H31F3N4O2/c1-13(2)16-14(3)27-19-17(24)18(15-6-9-23(25,26)10-7-15)28-30(19)20(16)29-11-5-8-22(4,12-29)21(31)32/h13,15H,5-12H2,1-4H3,(H,31,32)/t22-/m1/s1. The minimum Gasteiger partial charge on any atom is -0.481 e. The molecule has 176 valence electrons. The van der Waals surface area contributed by atoms with Crippen LogP contribution in [0.15, 0.2) is 0 Å². The van der Waals surface area contributed by atoms with Crippen molar-refractivity contribution >= 4 is 17.4 Å². The average Bonchev–Trinajstić information content (AvgIpc) is 3.03. The molecule has 2 aromatic heterocycles. The average molecular weight is 453 g/mol. The molecule has 0 amide bonds. The first-order valence-electron chi connectivity index (χ1n) is 11.4. The van der Waals surface area contributed by atoms with Gasteiger partial charge in [0.25, 0.3) is 0 Å². The van der Waals surface area contributed by atoms with Crippen LogP contribution in [-0.2, 0) is 4.79 Å². The third-order valence-corrected chi connectivity index (χ3v) is 7.13. The van der Waals surface area contributed by atoms with E-state index in [-0.39, 0.29) is 55.4 Å². The van der Waals surface area contributed by atoms with E-state index >= 15 is 4.39 Å². The van der Waals surface area contributed by atoms with Crippen LogP contribution in [0, 0.1) is 18.2 Å². The van der Waals surface area contributed by atoms with E-state index in [9.17, 15) is 18.7 Å². The van der Waals surface area contributed by atoms with Gasteiger partial charge in [0.15, 0.2) is 11.5 Å². The van der Waals surface area contributed by atoms with Gasteiger partial charge in [-0.05, 0) is 45.4 Å². The molecule has 1 aliphatic carbocycles. The molecule has 32 heavy (non-hydrogen) atoms. The number of hydrogen-bond donors (Lipinski definition) is 1. The monoisotopic (exact) mass is 452 g/mol. The zero-order chi connectivity index (χ0) is 23.4. The number of rotatable bonds is 4. The van der Waals surface area contributed by atoms with Gasteiger partial charge in [-0.2, -0.15) is 9.61 Å². The molecule has 1 saturated carbocycles. The molecule has 9 heteroatoms. The number of alkyl halides is 2. The zero-order valence-corrected chi connectivity index (χ0v) is 19.1. The van der Waals surface area contributed by atoms with Crippen molar-refractivity contribution in [3.8, 4) is 0 Å². The van der Waals surface area contributed by atoms with Gasteiger partial charge in [-0.25, -0.2) is 18.2 Å². The van der Waals surface area contributed by atoms with Crippen LogP contribution in [0.25, 0.3) is 5.65 Å². The van der Waals surface area contributed by atoms with Crippen molar-refractivity contribution in [3.63, 3.8) is 0 Å². The highest BCUT2D eigenvalue weighted by molar-refractivity contribution is 5.75. The molecule has 1 saturated heterocycles. The normalized spacial score (nSPS) is 24.4. The van der Waals surface area contributed by atoms with Crippen molar-refractivity contribution in [1.82, 2.24) is 14.6 Å². The van der Waals surface area contributed by atoms with Crippen molar-refractivity contribution in [1.29, 1.82) is 0 Å². The number of carboxylic acid groups (broad SMARTS) is 1. The molecular weight excluding hydrogens is 421 g/mol. The molecule has 2 fully saturated rings. The number of carbonyl (C=O) groups is 1. The topological polar surface area (TPSA) is 70.7 Å². The molecule has 2 aromatic rings. The lowest BCUT2D eigenvalue weighted by molar-refractivity contribution is -0.148. The summed E-state index contributed by atoms with van der Waals surface area (Å²) in [7, 11) is 0. The van der Waals surface area contributed by atoms with Gasteiger partial charge in [-0.1, -0.05) is 13.8 Å². The first-order chi connectivity index (χ1) is 14.9. The molecule has 6 nitrogen and oxygen atoms in total. The Morgan fingerprint density at radius 2 is 1.88 bits per heavy atom. The van der Waals surface area contributed by atoms with Gasteiger partial charge >= 0.3 is 5.97 Å². The fourth-order valence-electron chi connectivity index (χ4n) is 5.30. The number of carboxylic acids is 1. The van der Waals surface area contributed by atoms with E-state index in [1.807, 2.05) is 25.7 Å². The Morgan fingerprint density at radius 3 is 2.47 bits per heavy atom. The molecular formula is C23H31F3N4O2. The highest BCUT2D eigenvalue weighted by atomic mass is 19.3. The van der Waals surface area contributed by atoms with Crippen LogP contribution in [0.3, 0.4) is 0 Å². The number of aromatic nitrogens is 3. The second-order valence-corrected chi connectivity index (χ2v) is 10.0. The molecule has 0 aromatic carbocycles. The molecule has 2 aliphatic rings. The highest BCUT2D eigenvalue weighted by Gasteiger charge is 2.41. The van der Waals surface area contributed by atoms with E-state index in [2.05, 4.69) is 10.1 Å². The molecule has 1 N–H and O–H groups in total. The maximum Gasteiger partial charge on any atom is 0.311 e. The third-order valence-electron chi connectivity index (χ3n) is 7.13. The van der Waals surface area contributed by atoms with Crippen molar-refractivity contribution in [2.45, 2.75) is 84.0 Å². The van der Waals surface area contributed by atoms with Gasteiger partial charge in [0.1, 0.15) is 11.5 Å². The van der Waals surface area contributed by atoms with E-state index in [1.54, 1.807) is 6.92 Å².